The van der Waals surface area contributed by atoms with Crippen LogP contribution in [0.3, 0.4) is 0 Å². The van der Waals surface area contributed by atoms with Crippen molar-refractivity contribution in [3.05, 3.63) is 59.7 Å². The summed E-state index contributed by atoms with van der Waals surface area (Å²) in [4.78, 5) is 199. The molecule has 7 N–H and O–H groups in total. The van der Waals surface area contributed by atoms with Crippen LogP contribution in [0, 0.1) is 46.8 Å². The Morgan fingerprint density at radius 3 is 2.04 bits per heavy atom. The maximum absolute atomic E-state index is 15.0. The Kier molecular flexibility index (Phi) is 36.1. The minimum atomic E-state index is -0.999. The topological polar surface area (TPSA) is 408 Å². The standard InChI is InChI=1S/C81H121N11O20S/c1-16-50(8)73(62(109-14)42-67(98)90-38-22-26-59(90)74(110-15)51(9)75(101)84-52(10)71(87-107)54-23-20-25-57(39-54)108-13)88(11)77(103)58(47(2)3)41-61(94)72(49(6)7)89(12)80(106)111-45-53-28-30-56(31-29-53)85-76(102)55(24-21-36-83-79(82)105)40-60(93)70(48(4)5)86-64(95)27-18-17-19-37-91-68(99)43-63(78(91)104)113-46-81(34-35-81)44-69(100)112-92-65(96)32-33-66(92)97/h20,23,25,28-31,39,47-52,55,58-59,62-63,70,72-74,107H,16-19,21-22,24,26-27,32-38,40-46H2,1-15H3,(H,84,101)(H,85,102)(H,86,95)(H3,82,83,105)/b87-71-/t50-,51+,52+,55+,58-,59-,62+,63?,70-,72-,73-,74+/m0/s1. The van der Waals surface area contributed by atoms with E-state index in [2.05, 4.69) is 26.4 Å². The van der Waals surface area contributed by atoms with Gasteiger partial charge in [-0.1, -0.05) is 105 Å². The van der Waals surface area contributed by atoms with Gasteiger partial charge in [0.2, 0.25) is 41.4 Å². The molecule has 0 spiro atoms. The molecule has 0 aromatic heterocycles. The fourth-order valence-electron chi connectivity index (χ4n) is 15.2. The maximum atomic E-state index is 15.0. The van der Waals surface area contributed by atoms with Gasteiger partial charge in [-0.2, -0.15) is 0 Å². The zero-order valence-electron chi connectivity index (χ0n) is 68.4. The summed E-state index contributed by atoms with van der Waals surface area (Å²) in [7, 11) is 7.65. The number of primary amides is 1. The highest BCUT2D eigenvalue weighted by molar-refractivity contribution is 8.00. The molecular weight excluding hydrogens is 1480 g/mol. The number of ketones is 2. The van der Waals surface area contributed by atoms with Gasteiger partial charge in [-0.15, -0.1) is 16.8 Å². The first-order chi connectivity index (χ1) is 53.5. The number of hydrogen-bond donors (Lipinski definition) is 6. The lowest BCUT2D eigenvalue weighted by Crippen LogP contribution is -2.55. The molecule has 113 heavy (non-hydrogen) atoms. The number of nitrogens with one attached hydrogen (secondary N) is 4. The molecule has 2 aromatic rings. The average molecular weight is 1600 g/mol. The molecule has 4 fully saturated rings. The van der Waals surface area contributed by atoms with Crippen LogP contribution in [-0.4, -0.2) is 227 Å². The van der Waals surface area contributed by atoms with Gasteiger partial charge in [-0.25, -0.2) is 14.4 Å². The molecule has 0 radical (unpaired) electrons. The fraction of sp³-hybridized carbons (Fsp3) is 0.667. The Morgan fingerprint density at radius 1 is 0.770 bits per heavy atom. The minimum absolute atomic E-state index is 0.0115. The number of ether oxygens (including phenoxy) is 4. The van der Waals surface area contributed by atoms with E-state index >= 15 is 0 Å². The average Bonchev–Trinajstić information content (AvgIpc) is 1.21. The number of Topliss-reactive ketones (excluding diaryl/α,β-unsaturated/α-hetero) is 2. The summed E-state index contributed by atoms with van der Waals surface area (Å²) in [5.74, 6) is -7.87. The number of benzene rings is 2. The number of unbranched alkanes of at least 4 members (excludes halogenated alkanes) is 2. The first-order valence-electron chi connectivity index (χ1n) is 39.5. The number of imide groups is 2. The number of carbonyl (C=O) groups is 14. The van der Waals surface area contributed by atoms with Crippen LogP contribution in [0.25, 0.3) is 0 Å². The molecule has 6 rings (SSSR count). The number of anilines is 1. The van der Waals surface area contributed by atoms with E-state index in [0.29, 0.717) is 91.3 Å². The molecule has 3 aliphatic heterocycles. The molecule has 2 aromatic carbocycles. The lowest BCUT2D eigenvalue weighted by molar-refractivity contribution is -0.198. The van der Waals surface area contributed by atoms with Crippen LogP contribution in [0.1, 0.15) is 196 Å². The van der Waals surface area contributed by atoms with Crippen molar-refractivity contribution in [1.29, 1.82) is 0 Å². The first-order valence-corrected chi connectivity index (χ1v) is 40.6. The third kappa shape index (κ3) is 26.2. The summed E-state index contributed by atoms with van der Waals surface area (Å²) >= 11 is 1.30. The van der Waals surface area contributed by atoms with Crippen molar-refractivity contribution in [1.82, 2.24) is 40.6 Å². The third-order valence-corrected chi connectivity index (χ3v) is 23.8. The highest BCUT2D eigenvalue weighted by Gasteiger charge is 2.49. The lowest BCUT2D eigenvalue weighted by Gasteiger charge is -2.41. The number of thioether (sulfide) groups is 1. The van der Waals surface area contributed by atoms with Crippen molar-refractivity contribution in [2.75, 3.05) is 66.1 Å². The Bertz CT molecular complexity index is 3690. The first kappa shape index (κ1) is 92.8. The molecule has 1 aliphatic carbocycles. The molecular formula is C81H121N11O20S. The van der Waals surface area contributed by atoms with Gasteiger partial charge in [0, 0.05) is 115 Å². The number of methoxy groups -OCH3 is 3. The van der Waals surface area contributed by atoms with Crippen LogP contribution in [0.4, 0.5) is 15.3 Å². The number of nitrogens with zero attached hydrogens (tertiary/aromatic N) is 6. The van der Waals surface area contributed by atoms with Crippen molar-refractivity contribution in [3.63, 3.8) is 0 Å². The number of nitrogens with two attached hydrogens (primary N) is 1. The maximum Gasteiger partial charge on any atom is 0.410 e. The van der Waals surface area contributed by atoms with Gasteiger partial charge in [0.25, 0.3) is 11.8 Å². The monoisotopic (exact) mass is 1600 g/mol. The third-order valence-electron chi connectivity index (χ3n) is 22.2. The van der Waals surface area contributed by atoms with Crippen molar-refractivity contribution in [3.8, 4) is 5.75 Å². The van der Waals surface area contributed by atoms with Gasteiger partial charge in [0.15, 0.2) is 11.6 Å². The summed E-state index contributed by atoms with van der Waals surface area (Å²) in [6.07, 6.45) is 2.14. The van der Waals surface area contributed by atoms with Crippen LogP contribution >= 0.6 is 11.8 Å². The van der Waals surface area contributed by atoms with E-state index < -0.39 is 118 Å². The van der Waals surface area contributed by atoms with Crippen LogP contribution < -0.4 is 31.7 Å². The van der Waals surface area contributed by atoms with Crippen LogP contribution in [0.5, 0.6) is 5.75 Å². The normalized spacial score (nSPS) is 18.8. The number of likely N-dealkylation sites (N-methyl/N-ethyl adjacent to an activating group) is 2. The predicted molar refractivity (Wildman–Crippen MR) is 421 cm³/mol. The van der Waals surface area contributed by atoms with Crippen molar-refractivity contribution in [2.45, 2.75) is 239 Å². The molecule has 32 heteroatoms. The molecule has 12 atom stereocenters. The van der Waals surface area contributed by atoms with Gasteiger partial charge in [-0.05, 0) is 117 Å². The smallest absolute Gasteiger partial charge is 0.410 e. The summed E-state index contributed by atoms with van der Waals surface area (Å²) in [6.45, 7) is 18.7. The van der Waals surface area contributed by atoms with Crippen LogP contribution in [0.15, 0.2) is 53.7 Å². The molecule has 0 bridgehead atoms. The number of hydrogen-bond acceptors (Lipinski definition) is 22. The highest BCUT2D eigenvalue weighted by Crippen LogP contribution is 2.52. The van der Waals surface area contributed by atoms with Gasteiger partial charge < -0.3 is 70.7 Å². The van der Waals surface area contributed by atoms with Gasteiger partial charge in [-0.3, -0.25) is 57.6 Å². The molecule has 3 heterocycles. The Labute approximate surface area is 668 Å². The zero-order valence-corrected chi connectivity index (χ0v) is 69.2. The minimum Gasteiger partial charge on any atom is -0.497 e. The number of amides is 12. The van der Waals surface area contributed by atoms with Crippen molar-refractivity contribution in [2.24, 2.45) is 57.7 Å². The quantitative estimate of drug-likeness (QED) is 0.0120. The number of oxime groups is 1. The van der Waals surface area contributed by atoms with E-state index in [1.165, 1.54) is 49.9 Å². The molecule has 3 saturated heterocycles. The summed E-state index contributed by atoms with van der Waals surface area (Å²) in [6, 6.07) is 8.89. The second kappa shape index (κ2) is 44.0. The number of carbonyl (C=O) groups excluding carboxylic acids is 14. The van der Waals surface area contributed by atoms with E-state index in [0.717, 1.165) is 0 Å². The van der Waals surface area contributed by atoms with Gasteiger partial charge >= 0.3 is 18.1 Å². The molecule has 12 amide bonds. The highest BCUT2D eigenvalue weighted by atomic mass is 32.2. The molecule has 31 nitrogen and oxygen atoms in total. The zero-order chi connectivity index (χ0) is 83.7. The number of rotatable bonds is 47. The van der Waals surface area contributed by atoms with E-state index in [4.69, 9.17) is 29.5 Å². The molecule has 626 valence electrons. The Hall–Kier alpha value is -9.04. The van der Waals surface area contributed by atoms with E-state index in [1.807, 2.05) is 27.7 Å². The number of likely N-dealkylation sites (tertiary alicyclic amines) is 2. The lowest BCUT2D eigenvalue weighted by atomic mass is 9.83. The molecule has 1 unspecified atom stereocenters. The number of urea groups is 1. The fourth-order valence-corrected chi connectivity index (χ4v) is 16.7. The molecule has 1 saturated carbocycles. The second-order valence-corrected chi connectivity index (χ2v) is 32.8. The van der Waals surface area contributed by atoms with E-state index in [-0.39, 0.29) is 148 Å². The summed E-state index contributed by atoms with van der Waals surface area (Å²) in [5.41, 5.74) is 6.52. The van der Waals surface area contributed by atoms with Gasteiger partial charge in [0.05, 0.1) is 73.5 Å². The number of hydroxylamine groups is 2. The van der Waals surface area contributed by atoms with Crippen molar-refractivity contribution >= 4 is 106 Å². The second-order valence-electron chi connectivity index (χ2n) is 31.6. The largest absolute Gasteiger partial charge is 0.497 e. The van der Waals surface area contributed by atoms with Crippen LogP contribution in [-0.2, 0) is 83.2 Å². The van der Waals surface area contributed by atoms with E-state index in [1.54, 1.807) is 107 Å². The van der Waals surface area contributed by atoms with E-state index in [9.17, 15) is 72.3 Å². The van der Waals surface area contributed by atoms with Crippen molar-refractivity contribution < 1.29 is 96.1 Å². The van der Waals surface area contributed by atoms with Crippen LogP contribution in [0.2, 0.25) is 0 Å². The summed E-state index contributed by atoms with van der Waals surface area (Å²) in [5, 5.41) is 24.5. The Balaban J connectivity index is 0.985. The van der Waals surface area contributed by atoms with Gasteiger partial charge in [0.1, 0.15) is 18.1 Å². The summed E-state index contributed by atoms with van der Waals surface area (Å²) < 4.78 is 23.2. The predicted octanol–water partition coefficient (Wildman–Crippen LogP) is 8.12. The molecule has 4 aliphatic rings. The SMILES string of the molecule is CC[C@H](C)[C@@H]([C@@H](CC(=O)N1CCC[C@H]1[C@H](OC)[C@@H](C)C(=O)N[C@H](C)/C(=N/O)c1cccc(OC)c1)OC)N(C)C(=O)[C@@H](CC(=O)[C@H](C(C)C)N(C)C(=O)OCc1ccc(NC(=O)[C@H](CCCNC(N)=O)CC(=O)[C@@H](NC(=O)CCCCCN2C(=O)CC(SCC3(CC(=O)ON4C(=O)CCC4=O)CC3)C2=O)C(C)C)cc1)C(C)C. The Morgan fingerprint density at radius 2 is 1.45 bits per heavy atom.